The fourth-order valence-electron chi connectivity index (χ4n) is 3.84. The Kier molecular flexibility index (Phi) is 6.38. The number of rotatable bonds is 6. The number of para-hydroxylation sites is 1. The molecule has 0 N–H and O–H groups in total. The summed E-state index contributed by atoms with van der Waals surface area (Å²) >= 11 is 6.05. The van der Waals surface area contributed by atoms with Crippen molar-refractivity contribution in [2.45, 2.75) is 31.9 Å². The standard InChI is InChI=1S/C25H26ClNO2/c1-19(28-25-9-5-6-22(26)18-25)27-16-14-21(15-17-27)20-10-12-24(13-11-20)29-23-7-3-2-4-8-23/h2-13,18-19,21H,14-17H2,1H3. The molecular formula is C25H26ClNO2. The largest absolute Gasteiger partial charge is 0.475 e. The lowest BCUT2D eigenvalue weighted by Gasteiger charge is -2.36. The number of halogens is 1. The Labute approximate surface area is 177 Å². The molecule has 0 bridgehead atoms. The third-order valence-corrected chi connectivity index (χ3v) is 5.71. The highest BCUT2D eigenvalue weighted by molar-refractivity contribution is 6.30. The maximum atomic E-state index is 6.07. The van der Waals surface area contributed by atoms with Crippen molar-refractivity contribution in [1.82, 2.24) is 4.90 Å². The Morgan fingerprint density at radius 2 is 1.48 bits per heavy atom. The maximum absolute atomic E-state index is 6.07. The van der Waals surface area contributed by atoms with Crippen LogP contribution >= 0.6 is 11.6 Å². The normalized spacial score (nSPS) is 16.3. The van der Waals surface area contributed by atoms with Crippen LogP contribution in [0.3, 0.4) is 0 Å². The molecule has 1 unspecified atom stereocenters. The Hall–Kier alpha value is -2.49. The quantitative estimate of drug-likeness (QED) is 0.451. The Morgan fingerprint density at radius 3 is 2.17 bits per heavy atom. The molecular weight excluding hydrogens is 382 g/mol. The molecule has 150 valence electrons. The zero-order valence-corrected chi connectivity index (χ0v) is 17.4. The van der Waals surface area contributed by atoms with E-state index in [2.05, 4.69) is 36.1 Å². The van der Waals surface area contributed by atoms with Crippen molar-refractivity contribution in [2.75, 3.05) is 13.1 Å². The Balaban J connectivity index is 1.30. The second-order valence-electron chi connectivity index (χ2n) is 7.47. The lowest BCUT2D eigenvalue weighted by molar-refractivity contribution is 0.0221. The van der Waals surface area contributed by atoms with E-state index in [1.165, 1.54) is 5.56 Å². The van der Waals surface area contributed by atoms with E-state index in [0.29, 0.717) is 10.9 Å². The highest BCUT2D eigenvalue weighted by atomic mass is 35.5. The number of piperidine rings is 1. The third-order valence-electron chi connectivity index (χ3n) is 5.48. The molecule has 0 amide bonds. The van der Waals surface area contributed by atoms with Gasteiger partial charge in [-0.05, 0) is 73.7 Å². The lowest BCUT2D eigenvalue weighted by Crippen LogP contribution is -2.42. The second kappa shape index (κ2) is 9.34. The molecule has 3 aromatic rings. The monoisotopic (exact) mass is 407 g/mol. The molecule has 0 radical (unpaired) electrons. The Bertz CT molecular complexity index is 906. The smallest absolute Gasteiger partial charge is 0.149 e. The first-order valence-corrected chi connectivity index (χ1v) is 10.5. The van der Waals surface area contributed by atoms with E-state index >= 15 is 0 Å². The third kappa shape index (κ3) is 5.31. The molecule has 1 heterocycles. The van der Waals surface area contributed by atoms with Crippen LogP contribution in [0.5, 0.6) is 17.2 Å². The van der Waals surface area contributed by atoms with Crippen LogP contribution in [0.15, 0.2) is 78.9 Å². The molecule has 4 rings (SSSR count). The summed E-state index contributed by atoms with van der Waals surface area (Å²) in [6, 6.07) is 26.0. The number of nitrogens with zero attached hydrogens (tertiary/aromatic N) is 1. The highest BCUT2D eigenvalue weighted by Gasteiger charge is 2.24. The molecule has 0 aromatic heterocycles. The summed E-state index contributed by atoms with van der Waals surface area (Å²) in [6.07, 6.45) is 2.29. The average Bonchev–Trinajstić information content (AvgIpc) is 2.75. The minimum absolute atomic E-state index is 0.0380. The number of hydrogen-bond acceptors (Lipinski definition) is 3. The molecule has 1 fully saturated rings. The van der Waals surface area contributed by atoms with Gasteiger partial charge in [-0.3, -0.25) is 4.90 Å². The van der Waals surface area contributed by atoms with Crippen molar-refractivity contribution >= 4 is 11.6 Å². The molecule has 4 heteroatoms. The number of ether oxygens (including phenoxy) is 2. The predicted molar refractivity (Wildman–Crippen MR) is 118 cm³/mol. The van der Waals surface area contributed by atoms with Crippen LogP contribution in [-0.2, 0) is 0 Å². The van der Waals surface area contributed by atoms with E-state index in [0.717, 1.165) is 43.2 Å². The molecule has 3 aromatic carbocycles. The van der Waals surface area contributed by atoms with Gasteiger partial charge in [0.1, 0.15) is 23.5 Å². The summed E-state index contributed by atoms with van der Waals surface area (Å²) in [6.45, 7) is 4.15. The summed E-state index contributed by atoms with van der Waals surface area (Å²) in [7, 11) is 0. The van der Waals surface area contributed by atoms with Gasteiger partial charge >= 0.3 is 0 Å². The fraction of sp³-hybridized carbons (Fsp3) is 0.280. The van der Waals surface area contributed by atoms with Gasteiger partial charge in [-0.1, -0.05) is 48.0 Å². The minimum atomic E-state index is 0.0380. The SMILES string of the molecule is CC(Oc1cccc(Cl)c1)N1CCC(c2ccc(Oc3ccccc3)cc2)CC1. The molecule has 29 heavy (non-hydrogen) atoms. The van der Waals surface area contributed by atoms with Crippen molar-refractivity contribution in [2.24, 2.45) is 0 Å². The minimum Gasteiger partial charge on any atom is -0.475 e. The first-order chi connectivity index (χ1) is 14.2. The summed E-state index contributed by atoms with van der Waals surface area (Å²) < 4.78 is 12.0. The maximum Gasteiger partial charge on any atom is 0.149 e. The zero-order chi connectivity index (χ0) is 20.1. The van der Waals surface area contributed by atoms with Gasteiger partial charge in [-0.25, -0.2) is 0 Å². The van der Waals surface area contributed by atoms with Gasteiger partial charge in [-0.15, -0.1) is 0 Å². The molecule has 0 saturated carbocycles. The number of likely N-dealkylation sites (tertiary alicyclic amines) is 1. The van der Waals surface area contributed by atoms with Crippen molar-refractivity contribution in [3.8, 4) is 17.2 Å². The van der Waals surface area contributed by atoms with Gasteiger partial charge < -0.3 is 9.47 Å². The van der Waals surface area contributed by atoms with Gasteiger partial charge in [0.05, 0.1) is 0 Å². The van der Waals surface area contributed by atoms with Gasteiger partial charge in [0.25, 0.3) is 0 Å². The van der Waals surface area contributed by atoms with Crippen molar-refractivity contribution in [1.29, 1.82) is 0 Å². The predicted octanol–water partition coefficient (Wildman–Crippen LogP) is 6.74. The second-order valence-corrected chi connectivity index (χ2v) is 7.91. The molecule has 0 spiro atoms. The molecule has 1 atom stereocenters. The first kappa shape index (κ1) is 19.8. The zero-order valence-electron chi connectivity index (χ0n) is 16.6. The molecule has 1 aliphatic rings. The Morgan fingerprint density at radius 1 is 0.828 bits per heavy atom. The van der Waals surface area contributed by atoms with E-state index in [-0.39, 0.29) is 6.23 Å². The van der Waals surface area contributed by atoms with E-state index in [4.69, 9.17) is 21.1 Å². The van der Waals surface area contributed by atoms with Crippen molar-refractivity contribution < 1.29 is 9.47 Å². The van der Waals surface area contributed by atoms with Crippen LogP contribution in [0, 0.1) is 0 Å². The van der Waals surface area contributed by atoms with Crippen LogP contribution in [0.4, 0.5) is 0 Å². The topological polar surface area (TPSA) is 21.7 Å². The molecule has 3 nitrogen and oxygen atoms in total. The summed E-state index contributed by atoms with van der Waals surface area (Å²) in [4.78, 5) is 2.39. The van der Waals surface area contributed by atoms with E-state index in [1.807, 2.05) is 54.6 Å². The molecule has 1 aliphatic heterocycles. The molecule has 1 saturated heterocycles. The summed E-state index contributed by atoms with van der Waals surface area (Å²) in [5.41, 5.74) is 1.38. The van der Waals surface area contributed by atoms with Crippen LogP contribution < -0.4 is 9.47 Å². The van der Waals surface area contributed by atoms with Gasteiger partial charge in [-0.2, -0.15) is 0 Å². The molecule has 0 aliphatic carbocycles. The summed E-state index contributed by atoms with van der Waals surface area (Å²) in [5.74, 6) is 3.14. The average molecular weight is 408 g/mol. The van der Waals surface area contributed by atoms with Crippen LogP contribution in [-0.4, -0.2) is 24.2 Å². The van der Waals surface area contributed by atoms with E-state index < -0.39 is 0 Å². The number of hydrogen-bond donors (Lipinski definition) is 0. The van der Waals surface area contributed by atoms with Crippen LogP contribution in [0.25, 0.3) is 0 Å². The van der Waals surface area contributed by atoms with Crippen LogP contribution in [0.2, 0.25) is 5.02 Å². The summed E-state index contributed by atoms with van der Waals surface area (Å²) in [5, 5.41) is 0.702. The van der Waals surface area contributed by atoms with E-state index in [1.54, 1.807) is 0 Å². The van der Waals surface area contributed by atoms with Gasteiger partial charge in [0, 0.05) is 18.1 Å². The fourth-order valence-corrected chi connectivity index (χ4v) is 4.02. The van der Waals surface area contributed by atoms with Crippen molar-refractivity contribution in [3.63, 3.8) is 0 Å². The van der Waals surface area contributed by atoms with Gasteiger partial charge in [0.15, 0.2) is 0 Å². The lowest BCUT2D eigenvalue weighted by atomic mass is 9.89. The highest BCUT2D eigenvalue weighted by Crippen LogP contribution is 2.31. The van der Waals surface area contributed by atoms with Gasteiger partial charge in [0.2, 0.25) is 0 Å². The van der Waals surface area contributed by atoms with Crippen molar-refractivity contribution in [3.05, 3.63) is 89.4 Å². The van der Waals surface area contributed by atoms with Crippen LogP contribution in [0.1, 0.15) is 31.2 Å². The first-order valence-electron chi connectivity index (χ1n) is 10.2. The van der Waals surface area contributed by atoms with E-state index in [9.17, 15) is 0 Å². The number of benzene rings is 3.